The van der Waals surface area contributed by atoms with Crippen molar-refractivity contribution in [2.24, 2.45) is 5.92 Å². The van der Waals surface area contributed by atoms with Crippen LogP contribution < -0.4 is 10.6 Å². The van der Waals surface area contributed by atoms with E-state index in [1.54, 1.807) is 23.1 Å². The van der Waals surface area contributed by atoms with Gasteiger partial charge in [0.15, 0.2) is 10.6 Å². The number of ether oxygens (including phenoxy) is 2. The van der Waals surface area contributed by atoms with Crippen molar-refractivity contribution in [1.82, 2.24) is 15.6 Å². The second-order valence-corrected chi connectivity index (χ2v) is 14.7. The molecular formula is C41H39N3O4S2. The maximum atomic E-state index is 12.4. The van der Waals surface area contributed by atoms with Gasteiger partial charge in [0, 0.05) is 30.3 Å². The van der Waals surface area contributed by atoms with E-state index in [2.05, 4.69) is 66.1 Å². The van der Waals surface area contributed by atoms with Crippen LogP contribution in [0.2, 0.25) is 0 Å². The van der Waals surface area contributed by atoms with E-state index in [4.69, 9.17) is 14.5 Å². The molecule has 0 aliphatic carbocycles. The van der Waals surface area contributed by atoms with Gasteiger partial charge >= 0.3 is 6.03 Å². The molecule has 50 heavy (non-hydrogen) atoms. The van der Waals surface area contributed by atoms with Crippen LogP contribution >= 0.6 is 23.1 Å². The van der Waals surface area contributed by atoms with Crippen molar-refractivity contribution in [2.75, 3.05) is 5.75 Å². The zero-order valence-corrected chi connectivity index (χ0v) is 29.3. The average molecular weight is 702 g/mol. The number of nitrogens with one attached hydrogen (secondary N) is 2. The van der Waals surface area contributed by atoms with Crippen molar-refractivity contribution >= 4 is 39.3 Å². The van der Waals surface area contributed by atoms with Gasteiger partial charge in [-0.1, -0.05) is 128 Å². The van der Waals surface area contributed by atoms with E-state index < -0.39 is 6.29 Å². The lowest BCUT2D eigenvalue weighted by atomic mass is 9.91. The third-order valence-corrected chi connectivity index (χ3v) is 11.2. The molecule has 0 spiro atoms. The minimum Gasteiger partial charge on any atom is -0.392 e. The Morgan fingerprint density at radius 2 is 1.46 bits per heavy atom. The molecule has 0 bridgehead atoms. The van der Waals surface area contributed by atoms with Crippen molar-refractivity contribution in [2.45, 2.75) is 49.5 Å². The van der Waals surface area contributed by atoms with E-state index >= 15 is 0 Å². The zero-order chi connectivity index (χ0) is 34.3. The Bertz CT molecular complexity index is 1990. The second kappa shape index (κ2) is 16.0. The zero-order valence-electron chi connectivity index (χ0n) is 27.7. The van der Waals surface area contributed by atoms with Gasteiger partial charge in [-0.15, -0.1) is 11.3 Å². The Labute approximate surface area is 300 Å². The van der Waals surface area contributed by atoms with Crippen LogP contribution in [0.25, 0.3) is 21.3 Å². The second-order valence-electron chi connectivity index (χ2n) is 12.4. The van der Waals surface area contributed by atoms with Gasteiger partial charge in [-0.25, -0.2) is 9.78 Å². The molecule has 4 atom stereocenters. The van der Waals surface area contributed by atoms with E-state index in [9.17, 15) is 9.90 Å². The number of para-hydroxylation sites is 1. The first-order valence-corrected chi connectivity index (χ1v) is 18.6. The first kappa shape index (κ1) is 34.0. The summed E-state index contributed by atoms with van der Waals surface area (Å²) in [7, 11) is 0. The van der Waals surface area contributed by atoms with Crippen molar-refractivity contribution < 1.29 is 19.4 Å². The topological polar surface area (TPSA) is 92.7 Å². The van der Waals surface area contributed by atoms with Crippen LogP contribution in [0.15, 0.2) is 132 Å². The molecule has 2 amide bonds. The van der Waals surface area contributed by atoms with Gasteiger partial charge in [0.2, 0.25) is 0 Å². The molecule has 0 radical (unpaired) electrons. The third-order valence-electron chi connectivity index (χ3n) is 8.96. The van der Waals surface area contributed by atoms with Gasteiger partial charge in [0.05, 0.1) is 29.0 Å². The minimum atomic E-state index is -0.548. The van der Waals surface area contributed by atoms with Gasteiger partial charge in [0.25, 0.3) is 0 Å². The molecule has 0 saturated carbocycles. The number of rotatable bonds is 11. The normalized spacial score (nSPS) is 18.9. The molecule has 9 heteroatoms. The summed E-state index contributed by atoms with van der Waals surface area (Å²) < 4.78 is 15.6. The molecule has 5 aromatic carbocycles. The molecule has 1 aliphatic rings. The number of benzene rings is 5. The molecule has 1 aliphatic heterocycles. The monoisotopic (exact) mass is 701 g/mol. The highest BCUT2D eigenvalue weighted by Crippen LogP contribution is 2.43. The van der Waals surface area contributed by atoms with Gasteiger partial charge in [0.1, 0.15) is 0 Å². The number of nitrogens with zero attached hydrogens (tertiary/aromatic N) is 1. The lowest BCUT2D eigenvalue weighted by Crippen LogP contribution is -2.38. The van der Waals surface area contributed by atoms with Gasteiger partial charge < -0.3 is 25.2 Å². The number of fused-ring (bicyclic) bond motifs is 1. The predicted octanol–water partition coefficient (Wildman–Crippen LogP) is 9.04. The highest BCUT2D eigenvalue weighted by atomic mass is 32.2. The Hall–Kier alpha value is -4.51. The van der Waals surface area contributed by atoms with E-state index in [0.29, 0.717) is 13.1 Å². The average Bonchev–Trinajstić information content (AvgIpc) is 3.60. The summed E-state index contributed by atoms with van der Waals surface area (Å²) in [5.74, 6) is 0.832. The van der Waals surface area contributed by atoms with Crippen LogP contribution in [0.1, 0.15) is 47.1 Å². The number of thiazole rings is 1. The fourth-order valence-electron chi connectivity index (χ4n) is 6.09. The van der Waals surface area contributed by atoms with Crippen LogP contribution in [0.3, 0.4) is 0 Å². The summed E-state index contributed by atoms with van der Waals surface area (Å²) in [6.07, 6.45) is -0.813. The van der Waals surface area contributed by atoms with E-state index in [0.717, 1.165) is 54.6 Å². The number of carbonyl (C=O) groups is 1. The number of hydrogen-bond acceptors (Lipinski definition) is 7. The SMILES string of the molecule is C[C@@H]1[C@H](CSc2nc3ccccc3s2)O[C@H](c2ccc(-c3cccc(CNC(=O)NCc4ccccc4)c3)cc2)O[C@@H]1c1ccc(CO)cc1. The highest BCUT2D eigenvalue weighted by molar-refractivity contribution is 8.01. The molecular weight excluding hydrogens is 663 g/mol. The summed E-state index contributed by atoms with van der Waals surface area (Å²) in [6, 6.07) is 42.4. The van der Waals surface area contributed by atoms with Gasteiger partial charge in [-0.3, -0.25) is 0 Å². The van der Waals surface area contributed by atoms with Crippen molar-refractivity contribution in [3.05, 3.63) is 155 Å². The Balaban J connectivity index is 1.04. The standard InChI is InChI=1S/C41H39N3O4S2/c1-27-36(26-49-41-44-35-12-5-6-13-37(35)50-41)47-39(48-38(27)32-16-14-29(25-45)15-17-32)33-20-18-31(19-21-33)34-11-7-10-30(22-34)24-43-40(46)42-23-28-8-3-2-4-9-28/h2-22,27,36,38-39,45H,23-26H2,1H3,(H2,42,43,46)/t27-,36+,38+,39+/m1/s1. The first-order chi connectivity index (χ1) is 24.5. The maximum Gasteiger partial charge on any atom is 0.315 e. The summed E-state index contributed by atoms with van der Waals surface area (Å²) in [5.41, 5.74) is 8.09. The summed E-state index contributed by atoms with van der Waals surface area (Å²) in [5, 5.41) is 15.5. The Morgan fingerprint density at radius 3 is 2.22 bits per heavy atom. The van der Waals surface area contributed by atoms with Crippen LogP contribution in [0.5, 0.6) is 0 Å². The van der Waals surface area contributed by atoms with E-state index in [1.807, 2.05) is 78.9 Å². The number of amides is 2. The Kier molecular flexibility index (Phi) is 10.9. The maximum absolute atomic E-state index is 12.4. The number of aliphatic hydroxyl groups excluding tert-OH is 1. The number of carbonyl (C=O) groups excluding carboxylic acids is 1. The molecule has 7 rings (SSSR count). The van der Waals surface area contributed by atoms with E-state index in [1.165, 1.54) is 4.70 Å². The lowest BCUT2D eigenvalue weighted by molar-refractivity contribution is -0.268. The van der Waals surface area contributed by atoms with Crippen molar-refractivity contribution in [3.8, 4) is 11.1 Å². The molecule has 7 nitrogen and oxygen atoms in total. The van der Waals surface area contributed by atoms with Crippen molar-refractivity contribution in [3.63, 3.8) is 0 Å². The summed E-state index contributed by atoms with van der Waals surface area (Å²) in [4.78, 5) is 17.2. The first-order valence-electron chi connectivity index (χ1n) is 16.8. The molecule has 6 aromatic rings. The number of aliphatic hydroxyl groups is 1. The highest BCUT2D eigenvalue weighted by Gasteiger charge is 2.38. The molecule has 0 unspecified atom stereocenters. The molecule has 1 aromatic heterocycles. The number of urea groups is 1. The fourth-order valence-corrected chi connectivity index (χ4v) is 8.35. The predicted molar refractivity (Wildman–Crippen MR) is 201 cm³/mol. The quantitative estimate of drug-likeness (QED) is 0.117. The number of hydrogen-bond donors (Lipinski definition) is 3. The third kappa shape index (κ3) is 8.26. The molecule has 3 N–H and O–H groups in total. The molecule has 254 valence electrons. The largest absolute Gasteiger partial charge is 0.392 e. The fraction of sp³-hybridized carbons (Fsp3) is 0.220. The van der Waals surface area contributed by atoms with Crippen LogP contribution in [0.4, 0.5) is 4.79 Å². The molecule has 1 saturated heterocycles. The summed E-state index contributed by atoms with van der Waals surface area (Å²) in [6.45, 7) is 3.09. The van der Waals surface area contributed by atoms with Crippen LogP contribution in [-0.4, -0.2) is 28.0 Å². The summed E-state index contributed by atoms with van der Waals surface area (Å²) >= 11 is 3.44. The number of thioether (sulfide) groups is 1. The number of aromatic nitrogens is 1. The van der Waals surface area contributed by atoms with Crippen LogP contribution in [0, 0.1) is 5.92 Å². The Morgan fingerprint density at radius 1 is 0.760 bits per heavy atom. The molecule has 1 fully saturated rings. The van der Waals surface area contributed by atoms with E-state index in [-0.39, 0.29) is 30.8 Å². The van der Waals surface area contributed by atoms with Gasteiger partial charge in [-0.2, -0.15) is 0 Å². The smallest absolute Gasteiger partial charge is 0.315 e. The van der Waals surface area contributed by atoms with Crippen molar-refractivity contribution in [1.29, 1.82) is 0 Å². The van der Waals surface area contributed by atoms with Crippen LogP contribution in [-0.2, 0) is 29.2 Å². The molecule has 2 heterocycles. The van der Waals surface area contributed by atoms with Gasteiger partial charge in [-0.05, 0) is 51.6 Å². The lowest BCUT2D eigenvalue weighted by Gasteiger charge is -2.41. The minimum absolute atomic E-state index is 0.00435.